The van der Waals surface area contributed by atoms with E-state index in [4.69, 9.17) is 9.47 Å². The first-order valence-corrected chi connectivity index (χ1v) is 12.6. The third kappa shape index (κ3) is 5.90. The van der Waals surface area contributed by atoms with Gasteiger partial charge in [-0.25, -0.2) is 0 Å². The number of phenolic OH excluding ortho intramolecular Hbond substituents is 1. The molecule has 0 amide bonds. The van der Waals surface area contributed by atoms with Crippen molar-refractivity contribution in [1.82, 2.24) is 0 Å². The maximum absolute atomic E-state index is 14.1. The Morgan fingerprint density at radius 3 is 2.32 bits per heavy atom. The minimum atomic E-state index is -1.20. The predicted molar refractivity (Wildman–Crippen MR) is 145 cm³/mol. The van der Waals surface area contributed by atoms with E-state index in [2.05, 4.69) is 0 Å². The van der Waals surface area contributed by atoms with Crippen molar-refractivity contribution in [2.24, 2.45) is 5.41 Å². The summed E-state index contributed by atoms with van der Waals surface area (Å²) in [4.78, 5) is 27.6. The van der Waals surface area contributed by atoms with Gasteiger partial charge in [0.2, 0.25) is 0 Å². The SMILES string of the molecule is COc1ccc(CCC(=O)C2=C(O)C(CC=C(C)C)=C3OC(C)(C)C=CC3(CC=C(C)C)C2=O)cc1O. The lowest BCUT2D eigenvalue weighted by atomic mass is 9.66. The van der Waals surface area contributed by atoms with Crippen LogP contribution in [-0.4, -0.2) is 34.5 Å². The number of methoxy groups -OCH3 is 1. The molecule has 1 aliphatic heterocycles. The number of phenols is 1. The van der Waals surface area contributed by atoms with Crippen molar-refractivity contribution in [1.29, 1.82) is 0 Å². The van der Waals surface area contributed by atoms with Crippen LogP contribution in [0.2, 0.25) is 0 Å². The van der Waals surface area contributed by atoms with Crippen LogP contribution < -0.4 is 4.74 Å². The van der Waals surface area contributed by atoms with E-state index in [1.165, 1.54) is 13.2 Å². The van der Waals surface area contributed by atoms with Crippen LogP contribution in [0.3, 0.4) is 0 Å². The normalized spacial score (nSPS) is 20.2. The van der Waals surface area contributed by atoms with Gasteiger partial charge in [-0.3, -0.25) is 9.59 Å². The van der Waals surface area contributed by atoms with Crippen LogP contribution in [0.5, 0.6) is 11.5 Å². The van der Waals surface area contributed by atoms with E-state index in [0.717, 1.165) is 16.7 Å². The van der Waals surface area contributed by atoms with Crippen molar-refractivity contribution in [2.45, 2.75) is 72.8 Å². The first-order chi connectivity index (χ1) is 17.3. The second-order valence-electron chi connectivity index (χ2n) is 10.8. The molecule has 6 heteroatoms. The molecule has 0 fully saturated rings. The third-order valence-corrected chi connectivity index (χ3v) is 6.68. The monoisotopic (exact) mass is 506 g/mol. The van der Waals surface area contributed by atoms with E-state index >= 15 is 0 Å². The summed E-state index contributed by atoms with van der Waals surface area (Å²) in [5, 5.41) is 21.5. The number of fused-ring (bicyclic) bond motifs is 1. The minimum absolute atomic E-state index is 0.00303. The molecule has 0 saturated heterocycles. The maximum Gasteiger partial charge on any atom is 0.188 e. The molecule has 2 aliphatic rings. The Hall–Kier alpha value is -3.54. The van der Waals surface area contributed by atoms with Gasteiger partial charge >= 0.3 is 0 Å². The highest BCUT2D eigenvalue weighted by Crippen LogP contribution is 2.50. The number of aliphatic hydroxyl groups excluding tert-OH is 1. The zero-order valence-electron chi connectivity index (χ0n) is 22.9. The third-order valence-electron chi connectivity index (χ3n) is 6.68. The van der Waals surface area contributed by atoms with Crippen LogP contribution in [0.1, 0.15) is 66.4 Å². The Balaban J connectivity index is 2.09. The molecule has 0 aromatic heterocycles. The lowest BCUT2D eigenvalue weighted by Crippen LogP contribution is -2.45. The van der Waals surface area contributed by atoms with Crippen molar-refractivity contribution in [3.8, 4) is 11.5 Å². The Kier molecular flexibility index (Phi) is 8.21. The molecule has 0 radical (unpaired) electrons. The number of aromatic hydroxyl groups is 1. The number of hydrogen-bond donors (Lipinski definition) is 2. The number of allylic oxidation sites excluding steroid dienone is 7. The molecule has 6 nitrogen and oxygen atoms in total. The highest BCUT2D eigenvalue weighted by molar-refractivity contribution is 6.25. The smallest absolute Gasteiger partial charge is 0.188 e. The summed E-state index contributed by atoms with van der Waals surface area (Å²) in [6.45, 7) is 11.6. The number of hydrogen-bond acceptors (Lipinski definition) is 6. The van der Waals surface area contributed by atoms with Gasteiger partial charge in [-0.15, -0.1) is 0 Å². The summed E-state index contributed by atoms with van der Waals surface area (Å²) >= 11 is 0. The fraction of sp³-hybridized carbons (Fsp3) is 0.419. The van der Waals surface area contributed by atoms with Gasteiger partial charge in [-0.1, -0.05) is 35.4 Å². The van der Waals surface area contributed by atoms with Crippen LogP contribution in [0.25, 0.3) is 0 Å². The molecule has 0 bridgehead atoms. The average molecular weight is 507 g/mol. The number of rotatable bonds is 9. The zero-order chi connectivity index (χ0) is 27.5. The minimum Gasteiger partial charge on any atom is -0.507 e. The molecule has 1 aliphatic carbocycles. The molecule has 1 aromatic rings. The molecule has 1 atom stereocenters. The number of benzene rings is 1. The van der Waals surface area contributed by atoms with E-state index in [1.807, 2.05) is 65.8 Å². The Bertz CT molecular complexity index is 1250. The van der Waals surface area contributed by atoms with Crippen molar-refractivity contribution in [2.75, 3.05) is 7.11 Å². The summed E-state index contributed by atoms with van der Waals surface area (Å²) in [7, 11) is 1.46. The fourth-order valence-electron chi connectivity index (χ4n) is 4.55. The van der Waals surface area contributed by atoms with Gasteiger partial charge in [-0.05, 0) is 84.6 Å². The van der Waals surface area contributed by atoms with Gasteiger partial charge < -0.3 is 19.7 Å². The summed E-state index contributed by atoms with van der Waals surface area (Å²) in [6.07, 6.45) is 8.57. The second kappa shape index (κ2) is 10.8. The summed E-state index contributed by atoms with van der Waals surface area (Å²) < 4.78 is 11.4. The van der Waals surface area contributed by atoms with Crippen LogP contribution in [0.4, 0.5) is 0 Å². The molecule has 0 spiro atoms. The van der Waals surface area contributed by atoms with Crippen LogP contribution >= 0.6 is 0 Å². The summed E-state index contributed by atoms with van der Waals surface area (Å²) in [5.74, 6) is -0.470. The quantitative estimate of drug-likeness (QED) is 0.289. The molecule has 1 heterocycles. The molecular formula is C31H38O6. The lowest BCUT2D eigenvalue weighted by molar-refractivity contribution is -0.128. The van der Waals surface area contributed by atoms with Crippen molar-refractivity contribution < 1.29 is 29.3 Å². The molecule has 37 heavy (non-hydrogen) atoms. The highest BCUT2D eigenvalue weighted by atomic mass is 16.5. The van der Waals surface area contributed by atoms with E-state index in [9.17, 15) is 19.8 Å². The van der Waals surface area contributed by atoms with Crippen molar-refractivity contribution in [3.05, 3.63) is 81.9 Å². The average Bonchev–Trinajstić information content (AvgIpc) is 2.81. The Morgan fingerprint density at radius 1 is 1.05 bits per heavy atom. The number of ketones is 2. The molecular weight excluding hydrogens is 468 g/mol. The second-order valence-corrected chi connectivity index (χ2v) is 10.8. The van der Waals surface area contributed by atoms with Crippen molar-refractivity contribution in [3.63, 3.8) is 0 Å². The van der Waals surface area contributed by atoms with Gasteiger partial charge in [-0.2, -0.15) is 0 Å². The van der Waals surface area contributed by atoms with Crippen LogP contribution in [0.15, 0.2) is 76.3 Å². The number of carbonyl (C=O) groups is 2. The summed E-state index contributed by atoms with van der Waals surface area (Å²) in [5.41, 5.74) is 1.21. The topological polar surface area (TPSA) is 93.1 Å². The number of ether oxygens (including phenoxy) is 2. The molecule has 0 saturated carbocycles. The number of Topliss-reactive ketones (excluding diaryl/α,β-unsaturated/α-hetero) is 2. The molecule has 1 unspecified atom stereocenters. The summed E-state index contributed by atoms with van der Waals surface area (Å²) in [6, 6.07) is 4.93. The molecule has 198 valence electrons. The van der Waals surface area contributed by atoms with Gasteiger partial charge in [0.25, 0.3) is 0 Å². The van der Waals surface area contributed by atoms with Gasteiger partial charge in [0.05, 0.1) is 7.11 Å². The molecule has 3 rings (SSSR count). The van der Waals surface area contributed by atoms with E-state index in [1.54, 1.807) is 12.1 Å². The maximum atomic E-state index is 14.1. The Labute approximate surface area is 219 Å². The van der Waals surface area contributed by atoms with Gasteiger partial charge in [0, 0.05) is 12.0 Å². The van der Waals surface area contributed by atoms with Gasteiger partial charge in [0.15, 0.2) is 23.1 Å². The Morgan fingerprint density at radius 2 is 1.73 bits per heavy atom. The van der Waals surface area contributed by atoms with Crippen molar-refractivity contribution >= 4 is 11.6 Å². The lowest BCUT2D eigenvalue weighted by Gasteiger charge is -2.43. The molecule has 1 aromatic carbocycles. The van der Waals surface area contributed by atoms with Gasteiger partial charge in [0.1, 0.15) is 28.1 Å². The predicted octanol–water partition coefficient (Wildman–Crippen LogP) is 6.62. The van der Waals surface area contributed by atoms with Crippen LogP contribution in [0, 0.1) is 5.41 Å². The van der Waals surface area contributed by atoms with E-state index in [0.29, 0.717) is 36.3 Å². The largest absolute Gasteiger partial charge is 0.507 e. The number of carbonyl (C=O) groups excluding carboxylic acids is 2. The standard InChI is InChI=1S/C31H38O6/c1-19(2)8-11-22-27(34)26(23(32)12-9-21-10-13-25(36-7)24(33)18-21)28(35)31(15-14-20(3)4)17-16-30(5,6)37-29(22)31/h8,10,13-14,16-18,33-34H,9,11-12,15H2,1-7H3. The first-order valence-electron chi connectivity index (χ1n) is 12.6. The first kappa shape index (κ1) is 28.0. The number of aryl methyl sites for hydroxylation is 1. The molecule has 2 N–H and O–H groups in total. The van der Waals surface area contributed by atoms with E-state index in [-0.39, 0.29) is 23.5 Å². The van der Waals surface area contributed by atoms with E-state index < -0.39 is 22.6 Å². The fourth-order valence-corrected chi connectivity index (χ4v) is 4.55. The zero-order valence-corrected chi connectivity index (χ0v) is 22.9. The van der Waals surface area contributed by atoms with Crippen LogP contribution in [-0.2, 0) is 20.7 Å². The number of aliphatic hydroxyl groups is 1. The highest BCUT2D eigenvalue weighted by Gasteiger charge is 2.52.